The van der Waals surface area contributed by atoms with Crippen molar-refractivity contribution in [2.45, 2.75) is 25.4 Å². The highest BCUT2D eigenvalue weighted by atomic mass is 35.5. The van der Waals surface area contributed by atoms with E-state index in [-0.39, 0.29) is 11.7 Å². The van der Waals surface area contributed by atoms with E-state index in [1.165, 1.54) is 30.2 Å². The number of rotatable bonds is 7. The largest absolute Gasteiger partial charge is 0.465 e. The summed E-state index contributed by atoms with van der Waals surface area (Å²) in [5.74, 6) is 0.0548. The van der Waals surface area contributed by atoms with Gasteiger partial charge in [-0.3, -0.25) is 4.79 Å². The van der Waals surface area contributed by atoms with Gasteiger partial charge < -0.3 is 14.6 Å². The average molecular weight is 465 g/mol. The Hall–Kier alpha value is -2.36. The van der Waals surface area contributed by atoms with Crippen molar-refractivity contribution in [1.82, 2.24) is 14.8 Å². The first-order valence-electron chi connectivity index (χ1n) is 9.14. The van der Waals surface area contributed by atoms with Crippen LogP contribution >= 0.6 is 34.7 Å². The fraction of sp³-hybridized carbons (Fsp3) is 0.300. The predicted molar refractivity (Wildman–Crippen MR) is 121 cm³/mol. The lowest BCUT2D eigenvalue weighted by atomic mass is 10.1. The van der Waals surface area contributed by atoms with E-state index in [2.05, 4.69) is 15.5 Å². The third-order valence-corrected chi connectivity index (χ3v) is 6.90. The number of carbonyl (C=O) groups is 2. The lowest BCUT2D eigenvalue weighted by Gasteiger charge is -2.07. The van der Waals surface area contributed by atoms with Crippen LogP contribution in [0.1, 0.15) is 27.7 Å². The van der Waals surface area contributed by atoms with E-state index in [4.69, 9.17) is 16.3 Å². The van der Waals surface area contributed by atoms with Crippen molar-refractivity contribution in [2.75, 3.05) is 18.2 Å². The molecule has 30 heavy (non-hydrogen) atoms. The minimum absolute atomic E-state index is 0.119. The van der Waals surface area contributed by atoms with Crippen LogP contribution < -0.4 is 5.32 Å². The lowest BCUT2D eigenvalue weighted by Crippen LogP contribution is -2.16. The van der Waals surface area contributed by atoms with Crippen LogP contribution in [0.3, 0.4) is 0 Å². The molecule has 7 nitrogen and oxygen atoms in total. The molecule has 10 heteroatoms. The van der Waals surface area contributed by atoms with E-state index in [1.54, 1.807) is 10.6 Å². The van der Waals surface area contributed by atoms with Gasteiger partial charge in [-0.15, -0.1) is 21.5 Å². The molecule has 3 aromatic rings. The molecular weight excluding hydrogens is 444 g/mol. The Morgan fingerprint density at radius 2 is 2.03 bits per heavy atom. The molecule has 3 rings (SSSR count). The molecule has 0 aliphatic rings. The van der Waals surface area contributed by atoms with Crippen LogP contribution in [0.4, 0.5) is 5.00 Å². The zero-order valence-corrected chi connectivity index (χ0v) is 19.4. The summed E-state index contributed by atoms with van der Waals surface area (Å²) in [6, 6.07) is 7.38. The third-order valence-electron chi connectivity index (χ3n) is 4.49. The quantitative estimate of drug-likeness (QED) is 0.406. The highest BCUT2D eigenvalue weighted by molar-refractivity contribution is 7.99. The molecule has 0 atom stereocenters. The van der Waals surface area contributed by atoms with Gasteiger partial charge in [0.2, 0.25) is 5.91 Å². The SMILES string of the molecule is CCc1c(C)sc(NC(=O)CSc2nnc(-c3ccccc3Cl)n2C)c1C(=O)OC. The number of hydrogen-bond donors (Lipinski definition) is 1. The maximum atomic E-state index is 12.5. The van der Waals surface area contributed by atoms with E-state index >= 15 is 0 Å². The molecule has 0 aliphatic heterocycles. The molecular formula is C20H21ClN4O3S2. The standard InChI is InChI=1S/C20H21ClN4O3S2/c1-5-12-11(2)30-18(16(12)19(27)28-4)22-15(26)10-29-20-24-23-17(25(20)3)13-8-6-7-9-14(13)21/h6-9H,5,10H2,1-4H3,(H,22,26). The number of thiophene rings is 1. The summed E-state index contributed by atoms with van der Waals surface area (Å²) in [6.07, 6.45) is 0.682. The molecule has 1 amide bonds. The van der Waals surface area contributed by atoms with Gasteiger partial charge in [-0.2, -0.15) is 0 Å². The van der Waals surface area contributed by atoms with Gasteiger partial charge in [-0.1, -0.05) is 42.4 Å². The minimum atomic E-state index is -0.447. The van der Waals surface area contributed by atoms with Gasteiger partial charge in [-0.25, -0.2) is 4.79 Å². The number of amides is 1. The fourth-order valence-corrected chi connectivity index (χ4v) is 5.10. The number of anilines is 1. The maximum Gasteiger partial charge on any atom is 0.341 e. The summed E-state index contributed by atoms with van der Waals surface area (Å²) in [6.45, 7) is 3.89. The molecule has 0 fully saturated rings. The molecule has 0 unspecified atom stereocenters. The van der Waals surface area contributed by atoms with Crippen LogP contribution in [0.2, 0.25) is 5.02 Å². The zero-order valence-electron chi connectivity index (χ0n) is 17.0. The molecule has 0 saturated carbocycles. The highest BCUT2D eigenvalue weighted by Gasteiger charge is 2.23. The lowest BCUT2D eigenvalue weighted by molar-refractivity contribution is -0.113. The zero-order chi connectivity index (χ0) is 21.8. The molecule has 0 bridgehead atoms. The van der Waals surface area contributed by atoms with Crippen molar-refractivity contribution < 1.29 is 14.3 Å². The number of aryl methyl sites for hydroxylation is 1. The first-order chi connectivity index (χ1) is 14.4. The average Bonchev–Trinajstić information content (AvgIpc) is 3.25. The fourth-order valence-electron chi connectivity index (χ4n) is 3.02. The number of benzene rings is 1. The number of esters is 1. The number of thioether (sulfide) groups is 1. The Kier molecular flexibility index (Phi) is 7.17. The predicted octanol–water partition coefficient (Wildman–Crippen LogP) is 4.59. The number of nitrogens with zero attached hydrogens (tertiary/aromatic N) is 3. The topological polar surface area (TPSA) is 86.1 Å². The maximum absolute atomic E-state index is 12.5. The second-order valence-corrected chi connectivity index (χ2v) is 8.94. The van der Waals surface area contributed by atoms with Gasteiger partial charge in [0, 0.05) is 17.5 Å². The third kappa shape index (κ3) is 4.53. The number of ether oxygens (including phenoxy) is 1. The Morgan fingerprint density at radius 3 is 2.70 bits per heavy atom. The first-order valence-corrected chi connectivity index (χ1v) is 11.3. The molecule has 0 radical (unpaired) electrons. The first kappa shape index (κ1) is 22.3. The van der Waals surface area contributed by atoms with Gasteiger partial charge in [-0.05, 0) is 31.0 Å². The van der Waals surface area contributed by atoms with Gasteiger partial charge in [0.15, 0.2) is 11.0 Å². The molecule has 1 aromatic carbocycles. The molecule has 1 N–H and O–H groups in total. The summed E-state index contributed by atoms with van der Waals surface area (Å²) < 4.78 is 6.69. The van der Waals surface area contributed by atoms with E-state index in [0.717, 1.165) is 16.0 Å². The van der Waals surface area contributed by atoms with Crippen LogP contribution in [0.5, 0.6) is 0 Å². The molecule has 0 aliphatic carbocycles. The number of nitrogens with one attached hydrogen (secondary N) is 1. The second kappa shape index (κ2) is 9.63. The number of aromatic nitrogens is 3. The smallest absolute Gasteiger partial charge is 0.341 e. The van der Waals surface area contributed by atoms with E-state index in [0.29, 0.717) is 33.0 Å². The van der Waals surface area contributed by atoms with Crippen molar-refractivity contribution in [2.24, 2.45) is 7.05 Å². The summed E-state index contributed by atoms with van der Waals surface area (Å²) in [7, 11) is 3.16. The van der Waals surface area contributed by atoms with E-state index < -0.39 is 5.97 Å². The van der Waals surface area contributed by atoms with Crippen LogP contribution in [0, 0.1) is 6.92 Å². The van der Waals surface area contributed by atoms with Gasteiger partial charge >= 0.3 is 5.97 Å². The Balaban J connectivity index is 1.72. The normalized spacial score (nSPS) is 10.8. The minimum Gasteiger partial charge on any atom is -0.465 e. The molecule has 2 heterocycles. The number of methoxy groups -OCH3 is 1. The Morgan fingerprint density at radius 1 is 1.30 bits per heavy atom. The molecule has 0 spiro atoms. The number of carbonyl (C=O) groups excluding carboxylic acids is 2. The number of hydrogen-bond acceptors (Lipinski definition) is 7. The number of halogens is 1. The van der Waals surface area contributed by atoms with Crippen molar-refractivity contribution in [1.29, 1.82) is 0 Å². The molecule has 2 aromatic heterocycles. The molecule has 0 saturated heterocycles. The summed E-state index contributed by atoms with van der Waals surface area (Å²) in [4.78, 5) is 25.7. The van der Waals surface area contributed by atoms with Crippen molar-refractivity contribution in [3.8, 4) is 11.4 Å². The van der Waals surface area contributed by atoms with Gasteiger partial charge in [0.05, 0.1) is 23.4 Å². The van der Waals surface area contributed by atoms with Gasteiger partial charge in [0.25, 0.3) is 0 Å². The summed E-state index contributed by atoms with van der Waals surface area (Å²) in [5.41, 5.74) is 2.10. The Labute approximate surface area is 187 Å². The van der Waals surface area contributed by atoms with Crippen molar-refractivity contribution >= 4 is 51.6 Å². The highest BCUT2D eigenvalue weighted by Crippen LogP contribution is 2.34. The van der Waals surface area contributed by atoms with Crippen LogP contribution in [-0.2, 0) is 23.0 Å². The monoisotopic (exact) mass is 464 g/mol. The second-order valence-electron chi connectivity index (χ2n) is 6.37. The van der Waals surface area contributed by atoms with E-state index in [1.807, 2.05) is 39.1 Å². The van der Waals surface area contributed by atoms with Crippen molar-refractivity contribution in [3.05, 3.63) is 45.3 Å². The van der Waals surface area contributed by atoms with E-state index in [9.17, 15) is 9.59 Å². The van der Waals surface area contributed by atoms with Crippen LogP contribution in [0.15, 0.2) is 29.4 Å². The van der Waals surface area contributed by atoms with Crippen LogP contribution in [-0.4, -0.2) is 39.5 Å². The van der Waals surface area contributed by atoms with Crippen molar-refractivity contribution in [3.63, 3.8) is 0 Å². The van der Waals surface area contributed by atoms with Gasteiger partial charge in [0.1, 0.15) is 5.00 Å². The van der Waals surface area contributed by atoms with Crippen LogP contribution in [0.25, 0.3) is 11.4 Å². The summed E-state index contributed by atoms with van der Waals surface area (Å²) in [5, 5.41) is 12.9. The molecule has 158 valence electrons. The summed E-state index contributed by atoms with van der Waals surface area (Å²) >= 11 is 8.88. The Bertz CT molecular complexity index is 1090.